The minimum absolute atomic E-state index is 0.0496. The van der Waals surface area contributed by atoms with Crippen LogP contribution in [0.3, 0.4) is 0 Å². The standard InChI is InChI=1S/C28H37N3O3/c1-34-25-14-12-22(13-15-25)28(33)30-26(21-8-4-2-5-9-21)20-29-27(32)23-16-18-31(19-17-23)24-10-6-3-7-11-24/h2,4-5,8-9,12-15,23-24,26H,3,6-7,10-11,16-20H2,1H3,(H,29,32)(H,30,33). The highest BCUT2D eigenvalue weighted by Gasteiger charge is 2.29. The number of benzene rings is 2. The number of rotatable bonds is 8. The lowest BCUT2D eigenvalue weighted by atomic mass is 9.90. The summed E-state index contributed by atoms with van der Waals surface area (Å²) in [5.74, 6) is 0.681. The number of hydrogen-bond acceptors (Lipinski definition) is 4. The smallest absolute Gasteiger partial charge is 0.251 e. The molecule has 1 unspecified atom stereocenters. The van der Waals surface area contributed by atoms with E-state index >= 15 is 0 Å². The molecule has 2 aliphatic rings. The molecular formula is C28H37N3O3. The van der Waals surface area contributed by atoms with Crippen LogP contribution in [0.2, 0.25) is 0 Å². The van der Waals surface area contributed by atoms with Gasteiger partial charge in [0.2, 0.25) is 5.91 Å². The molecule has 1 heterocycles. The second-order valence-corrected chi connectivity index (χ2v) is 9.51. The van der Waals surface area contributed by atoms with Crippen LogP contribution in [0.25, 0.3) is 0 Å². The van der Waals surface area contributed by atoms with Crippen LogP contribution in [0.4, 0.5) is 0 Å². The molecule has 2 N–H and O–H groups in total. The third-order valence-corrected chi connectivity index (χ3v) is 7.33. The summed E-state index contributed by atoms with van der Waals surface area (Å²) in [4.78, 5) is 28.5. The van der Waals surface area contributed by atoms with Gasteiger partial charge in [-0.15, -0.1) is 0 Å². The lowest BCUT2D eigenvalue weighted by Crippen LogP contribution is -2.46. The van der Waals surface area contributed by atoms with Crippen molar-refractivity contribution in [2.75, 3.05) is 26.7 Å². The van der Waals surface area contributed by atoms with Gasteiger partial charge in [-0.25, -0.2) is 0 Å². The summed E-state index contributed by atoms with van der Waals surface area (Å²) in [5.41, 5.74) is 1.53. The van der Waals surface area contributed by atoms with Crippen molar-refractivity contribution in [3.05, 3.63) is 65.7 Å². The second-order valence-electron chi connectivity index (χ2n) is 9.51. The molecule has 4 rings (SSSR count). The third kappa shape index (κ3) is 6.38. The van der Waals surface area contributed by atoms with E-state index in [1.54, 1.807) is 31.4 Å². The fourth-order valence-corrected chi connectivity index (χ4v) is 5.24. The van der Waals surface area contributed by atoms with E-state index in [0.29, 0.717) is 23.9 Å². The van der Waals surface area contributed by atoms with Crippen molar-refractivity contribution in [2.24, 2.45) is 5.92 Å². The maximum atomic E-state index is 13.0. The van der Waals surface area contributed by atoms with Crippen molar-refractivity contribution in [2.45, 2.75) is 57.0 Å². The average molecular weight is 464 g/mol. The Morgan fingerprint density at radius 2 is 1.62 bits per heavy atom. The molecule has 0 aromatic heterocycles. The number of hydrogen-bond donors (Lipinski definition) is 2. The van der Waals surface area contributed by atoms with Gasteiger partial charge in [0.1, 0.15) is 5.75 Å². The molecule has 2 amide bonds. The molecule has 1 atom stereocenters. The Balaban J connectivity index is 1.32. The molecular weight excluding hydrogens is 426 g/mol. The number of piperidine rings is 1. The van der Waals surface area contributed by atoms with Gasteiger partial charge in [0, 0.05) is 24.1 Å². The number of carbonyl (C=O) groups is 2. The highest BCUT2D eigenvalue weighted by Crippen LogP contribution is 2.27. The van der Waals surface area contributed by atoms with Gasteiger partial charge in [-0.2, -0.15) is 0 Å². The number of ether oxygens (including phenoxy) is 1. The number of amides is 2. The monoisotopic (exact) mass is 463 g/mol. The van der Waals surface area contributed by atoms with Crippen LogP contribution in [0.5, 0.6) is 5.75 Å². The largest absolute Gasteiger partial charge is 0.497 e. The minimum atomic E-state index is -0.304. The normalized spacial score (nSPS) is 18.7. The van der Waals surface area contributed by atoms with Gasteiger partial charge >= 0.3 is 0 Å². The number of nitrogens with one attached hydrogen (secondary N) is 2. The average Bonchev–Trinajstić information content (AvgIpc) is 2.92. The van der Waals surface area contributed by atoms with Crippen molar-refractivity contribution in [3.8, 4) is 5.75 Å². The van der Waals surface area contributed by atoms with E-state index < -0.39 is 0 Å². The number of likely N-dealkylation sites (tertiary alicyclic amines) is 1. The predicted molar refractivity (Wildman–Crippen MR) is 134 cm³/mol. The lowest BCUT2D eigenvalue weighted by Gasteiger charge is -2.39. The Morgan fingerprint density at radius 3 is 2.26 bits per heavy atom. The Morgan fingerprint density at radius 1 is 0.941 bits per heavy atom. The van der Waals surface area contributed by atoms with Gasteiger partial charge in [0.15, 0.2) is 0 Å². The first-order valence-corrected chi connectivity index (χ1v) is 12.7. The van der Waals surface area contributed by atoms with E-state index in [1.807, 2.05) is 30.3 Å². The predicted octanol–water partition coefficient (Wildman–Crippen LogP) is 4.33. The van der Waals surface area contributed by atoms with Crippen LogP contribution in [0.15, 0.2) is 54.6 Å². The molecule has 0 radical (unpaired) electrons. The highest BCUT2D eigenvalue weighted by molar-refractivity contribution is 5.94. The van der Waals surface area contributed by atoms with Crippen LogP contribution >= 0.6 is 0 Å². The second kappa shape index (κ2) is 12.0. The van der Waals surface area contributed by atoms with E-state index in [0.717, 1.165) is 31.5 Å². The Hall–Kier alpha value is -2.86. The molecule has 34 heavy (non-hydrogen) atoms. The summed E-state index contributed by atoms with van der Waals surface area (Å²) in [7, 11) is 1.60. The van der Waals surface area contributed by atoms with E-state index in [1.165, 1.54) is 32.1 Å². The van der Waals surface area contributed by atoms with Gasteiger partial charge in [0.05, 0.1) is 13.2 Å². The van der Waals surface area contributed by atoms with Crippen LogP contribution in [0, 0.1) is 5.92 Å². The molecule has 1 saturated heterocycles. The Kier molecular flexibility index (Phi) is 8.58. The zero-order chi connectivity index (χ0) is 23.8. The molecule has 1 aliphatic heterocycles. The SMILES string of the molecule is COc1ccc(C(=O)NC(CNC(=O)C2CCN(C3CCCCC3)CC2)c2ccccc2)cc1. The first-order valence-electron chi connectivity index (χ1n) is 12.7. The molecule has 2 aromatic rings. The molecule has 182 valence electrons. The fourth-order valence-electron chi connectivity index (χ4n) is 5.24. The number of nitrogens with zero attached hydrogens (tertiary/aromatic N) is 1. The Labute approximate surface area is 203 Å². The third-order valence-electron chi connectivity index (χ3n) is 7.33. The van der Waals surface area contributed by atoms with E-state index in [-0.39, 0.29) is 23.8 Å². The molecule has 1 aliphatic carbocycles. The minimum Gasteiger partial charge on any atom is -0.497 e. The quantitative estimate of drug-likeness (QED) is 0.611. The maximum absolute atomic E-state index is 13.0. The zero-order valence-electron chi connectivity index (χ0n) is 20.2. The molecule has 1 saturated carbocycles. The summed E-state index contributed by atoms with van der Waals surface area (Å²) in [5, 5.41) is 6.22. The first kappa shape index (κ1) is 24.3. The van der Waals surface area contributed by atoms with Gasteiger partial charge in [-0.1, -0.05) is 49.6 Å². The van der Waals surface area contributed by atoms with Crippen molar-refractivity contribution in [3.63, 3.8) is 0 Å². The molecule has 2 aromatic carbocycles. The summed E-state index contributed by atoms with van der Waals surface area (Å²) < 4.78 is 5.18. The lowest BCUT2D eigenvalue weighted by molar-refractivity contribution is -0.126. The van der Waals surface area contributed by atoms with Gasteiger partial charge in [-0.05, 0) is 68.6 Å². The zero-order valence-corrected chi connectivity index (χ0v) is 20.2. The van der Waals surface area contributed by atoms with Crippen LogP contribution in [-0.4, -0.2) is 49.5 Å². The number of methoxy groups -OCH3 is 1. The van der Waals surface area contributed by atoms with Crippen LogP contribution in [-0.2, 0) is 4.79 Å². The van der Waals surface area contributed by atoms with Crippen molar-refractivity contribution in [1.82, 2.24) is 15.5 Å². The van der Waals surface area contributed by atoms with Gasteiger partial charge in [0.25, 0.3) is 5.91 Å². The highest BCUT2D eigenvalue weighted by atomic mass is 16.5. The van der Waals surface area contributed by atoms with E-state index in [2.05, 4.69) is 15.5 Å². The molecule has 6 heteroatoms. The summed E-state index contributed by atoms with van der Waals surface area (Å²) in [6, 6.07) is 17.3. The van der Waals surface area contributed by atoms with Gasteiger partial charge < -0.3 is 20.3 Å². The van der Waals surface area contributed by atoms with Crippen molar-refractivity contribution < 1.29 is 14.3 Å². The fraction of sp³-hybridized carbons (Fsp3) is 0.500. The Bertz CT molecular complexity index is 918. The topological polar surface area (TPSA) is 70.7 Å². The molecule has 6 nitrogen and oxygen atoms in total. The van der Waals surface area contributed by atoms with Crippen molar-refractivity contribution >= 4 is 11.8 Å². The van der Waals surface area contributed by atoms with Crippen molar-refractivity contribution in [1.29, 1.82) is 0 Å². The maximum Gasteiger partial charge on any atom is 0.251 e. The molecule has 0 bridgehead atoms. The van der Waals surface area contributed by atoms with Crippen LogP contribution < -0.4 is 15.4 Å². The summed E-state index contributed by atoms with van der Waals surface area (Å²) in [6.07, 6.45) is 8.50. The summed E-state index contributed by atoms with van der Waals surface area (Å²) in [6.45, 7) is 2.39. The van der Waals surface area contributed by atoms with Gasteiger partial charge in [-0.3, -0.25) is 9.59 Å². The number of carbonyl (C=O) groups excluding carboxylic acids is 2. The first-order chi connectivity index (χ1) is 16.6. The van der Waals surface area contributed by atoms with Crippen LogP contribution in [0.1, 0.15) is 66.9 Å². The molecule has 2 fully saturated rings. The van der Waals surface area contributed by atoms with E-state index in [4.69, 9.17) is 4.74 Å². The van der Waals surface area contributed by atoms with E-state index in [9.17, 15) is 9.59 Å². The molecule has 0 spiro atoms. The summed E-state index contributed by atoms with van der Waals surface area (Å²) >= 11 is 0.